The molecule has 0 saturated carbocycles. The number of nitrogens with zero attached hydrogens (tertiary/aromatic N) is 1. The number of fused-ring (bicyclic) bond motifs is 1. The second kappa shape index (κ2) is 5.55. The van der Waals surface area contributed by atoms with Crippen molar-refractivity contribution in [1.29, 1.82) is 0 Å². The van der Waals surface area contributed by atoms with Crippen LogP contribution in [0.4, 0.5) is 0 Å². The van der Waals surface area contributed by atoms with Crippen LogP contribution in [0.5, 0.6) is 0 Å². The minimum Gasteiger partial charge on any atom is -0.396 e. The Hall–Kier alpha value is -1.00. The van der Waals surface area contributed by atoms with Gasteiger partial charge in [-0.15, -0.1) is 0 Å². The maximum Gasteiger partial charge on any atom is 0.145 e. The van der Waals surface area contributed by atoms with Crippen LogP contribution in [0.3, 0.4) is 0 Å². The molecule has 1 aromatic rings. The third-order valence-corrected chi connectivity index (χ3v) is 4.78. The highest BCUT2D eigenvalue weighted by atomic mass is 32.2. The standard InChI is InChI=1S/C15H21NO2S/c1-15(2,3)19(18)16-14-12(10-17)9-8-11-6-4-5-7-13(11)14/h4-7,12,17H,8-10H2,1-3H3/b16-14+/t12-,19?/m1/s1. The molecule has 1 aliphatic rings. The number of hydrogen-bond acceptors (Lipinski definition) is 2. The monoisotopic (exact) mass is 279 g/mol. The summed E-state index contributed by atoms with van der Waals surface area (Å²) in [5.41, 5.74) is 3.08. The van der Waals surface area contributed by atoms with Crippen LogP contribution >= 0.6 is 0 Å². The van der Waals surface area contributed by atoms with Crippen LogP contribution in [0.2, 0.25) is 0 Å². The second-order valence-electron chi connectivity index (χ2n) is 5.91. The van der Waals surface area contributed by atoms with Gasteiger partial charge in [-0.1, -0.05) is 24.3 Å². The van der Waals surface area contributed by atoms with Crippen LogP contribution < -0.4 is 0 Å². The van der Waals surface area contributed by atoms with Gasteiger partial charge in [-0.3, -0.25) is 0 Å². The summed E-state index contributed by atoms with van der Waals surface area (Å²) < 4.78 is 16.3. The second-order valence-corrected chi connectivity index (χ2v) is 7.82. The molecule has 1 aliphatic carbocycles. The molecule has 0 aromatic heterocycles. The van der Waals surface area contributed by atoms with Gasteiger partial charge < -0.3 is 5.11 Å². The van der Waals surface area contributed by atoms with E-state index in [2.05, 4.69) is 10.5 Å². The zero-order valence-corrected chi connectivity index (χ0v) is 12.5. The van der Waals surface area contributed by atoms with Gasteiger partial charge in [0.1, 0.15) is 11.0 Å². The van der Waals surface area contributed by atoms with Gasteiger partial charge >= 0.3 is 0 Å². The molecule has 0 fully saturated rings. The molecule has 1 aromatic carbocycles. The molecule has 0 radical (unpaired) electrons. The lowest BCUT2D eigenvalue weighted by atomic mass is 9.83. The molecule has 4 heteroatoms. The molecule has 0 amide bonds. The Balaban J connectivity index is 2.46. The highest BCUT2D eigenvalue weighted by molar-refractivity contribution is 7.85. The smallest absolute Gasteiger partial charge is 0.145 e. The Morgan fingerprint density at radius 3 is 2.68 bits per heavy atom. The fourth-order valence-electron chi connectivity index (χ4n) is 2.20. The number of aliphatic hydroxyl groups is 1. The summed E-state index contributed by atoms with van der Waals surface area (Å²) in [4.78, 5) is 0. The van der Waals surface area contributed by atoms with Gasteiger partial charge in [0, 0.05) is 11.5 Å². The van der Waals surface area contributed by atoms with E-state index in [-0.39, 0.29) is 17.3 Å². The first-order valence-corrected chi connectivity index (χ1v) is 7.74. The van der Waals surface area contributed by atoms with E-state index in [0.717, 1.165) is 24.1 Å². The quantitative estimate of drug-likeness (QED) is 0.904. The van der Waals surface area contributed by atoms with E-state index < -0.39 is 11.0 Å². The van der Waals surface area contributed by atoms with Gasteiger partial charge in [-0.25, -0.2) is 4.21 Å². The van der Waals surface area contributed by atoms with E-state index in [1.54, 1.807) is 0 Å². The average Bonchev–Trinajstić information content (AvgIpc) is 2.38. The molecule has 2 rings (SSSR count). The Labute approximate surface area is 117 Å². The number of aliphatic hydroxyl groups excluding tert-OH is 1. The largest absolute Gasteiger partial charge is 0.396 e. The summed E-state index contributed by atoms with van der Waals surface area (Å²) in [6.45, 7) is 5.80. The lowest BCUT2D eigenvalue weighted by Crippen LogP contribution is -2.29. The summed E-state index contributed by atoms with van der Waals surface area (Å²) >= 11 is 0. The van der Waals surface area contributed by atoms with Gasteiger partial charge in [0.25, 0.3) is 0 Å². The van der Waals surface area contributed by atoms with Crippen molar-refractivity contribution in [3.63, 3.8) is 0 Å². The van der Waals surface area contributed by atoms with Gasteiger partial charge in [0.15, 0.2) is 0 Å². The van der Waals surface area contributed by atoms with E-state index in [9.17, 15) is 9.32 Å². The highest BCUT2D eigenvalue weighted by Gasteiger charge is 2.27. The predicted molar refractivity (Wildman–Crippen MR) is 79.8 cm³/mol. The van der Waals surface area contributed by atoms with Crippen molar-refractivity contribution in [2.45, 2.75) is 38.4 Å². The van der Waals surface area contributed by atoms with Crippen LogP contribution in [-0.2, 0) is 17.4 Å². The molecule has 0 heterocycles. The summed E-state index contributed by atoms with van der Waals surface area (Å²) in [7, 11) is -1.29. The van der Waals surface area contributed by atoms with E-state index in [4.69, 9.17) is 0 Å². The molecule has 104 valence electrons. The summed E-state index contributed by atoms with van der Waals surface area (Å²) in [5.74, 6) is 0.00111. The Bertz CT molecular complexity index is 517. The van der Waals surface area contributed by atoms with Gasteiger partial charge in [0.05, 0.1) is 17.1 Å². The molecule has 3 nitrogen and oxygen atoms in total. The first-order valence-electron chi connectivity index (χ1n) is 6.63. The maximum atomic E-state index is 12.2. The van der Waals surface area contributed by atoms with Crippen molar-refractivity contribution in [3.05, 3.63) is 35.4 Å². The van der Waals surface area contributed by atoms with Crippen LogP contribution in [-0.4, -0.2) is 26.4 Å². The zero-order valence-electron chi connectivity index (χ0n) is 11.7. The normalized spacial score (nSPS) is 23.2. The predicted octanol–water partition coefficient (Wildman–Crippen LogP) is 2.49. The Morgan fingerprint density at radius 1 is 1.37 bits per heavy atom. The SMILES string of the molecule is CC(C)(C)S(=O)/N=C1/c2ccccc2CC[C@@H]1CO. The highest BCUT2D eigenvalue weighted by Crippen LogP contribution is 2.27. The van der Waals surface area contributed by atoms with E-state index in [0.29, 0.717) is 0 Å². The van der Waals surface area contributed by atoms with Crippen molar-refractivity contribution < 1.29 is 9.32 Å². The number of hydrogen-bond donors (Lipinski definition) is 1. The van der Waals surface area contributed by atoms with Gasteiger partial charge in [0.2, 0.25) is 0 Å². The molecule has 2 atom stereocenters. The topological polar surface area (TPSA) is 49.7 Å². The molecular formula is C15H21NO2S. The molecule has 0 bridgehead atoms. The lowest BCUT2D eigenvalue weighted by molar-refractivity contribution is 0.254. The van der Waals surface area contributed by atoms with E-state index >= 15 is 0 Å². The number of benzene rings is 1. The molecule has 0 spiro atoms. The molecule has 0 saturated heterocycles. The lowest BCUT2D eigenvalue weighted by Gasteiger charge is -2.26. The Kier molecular flexibility index (Phi) is 4.21. The Morgan fingerprint density at radius 2 is 2.05 bits per heavy atom. The third-order valence-electron chi connectivity index (χ3n) is 3.37. The van der Waals surface area contributed by atoms with Crippen molar-refractivity contribution in [2.75, 3.05) is 6.61 Å². The molecule has 1 unspecified atom stereocenters. The molecule has 0 aliphatic heterocycles. The van der Waals surface area contributed by atoms with Crippen molar-refractivity contribution in [2.24, 2.45) is 10.3 Å². The number of rotatable bonds is 2. The maximum absolute atomic E-state index is 12.2. The average molecular weight is 279 g/mol. The van der Waals surface area contributed by atoms with Gasteiger partial charge in [-0.05, 0) is 39.2 Å². The summed E-state index contributed by atoms with van der Waals surface area (Å²) in [5, 5.41) is 9.52. The zero-order chi connectivity index (χ0) is 14.0. The van der Waals surface area contributed by atoms with Crippen molar-refractivity contribution in [3.8, 4) is 0 Å². The minimum absolute atomic E-state index is 0.00111. The minimum atomic E-state index is -1.29. The van der Waals surface area contributed by atoms with Gasteiger partial charge in [-0.2, -0.15) is 4.40 Å². The van der Waals surface area contributed by atoms with Crippen LogP contribution in [0.1, 0.15) is 38.3 Å². The van der Waals surface area contributed by atoms with E-state index in [1.165, 1.54) is 5.56 Å². The fourth-order valence-corrected chi connectivity index (χ4v) is 2.90. The van der Waals surface area contributed by atoms with Crippen LogP contribution in [0, 0.1) is 5.92 Å². The summed E-state index contributed by atoms with van der Waals surface area (Å²) in [6.07, 6.45) is 1.82. The molecular weight excluding hydrogens is 258 g/mol. The summed E-state index contributed by atoms with van der Waals surface area (Å²) in [6, 6.07) is 8.07. The molecule has 1 N–H and O–H groups in total. The fraction of sp³-hybridized carbons (Fsp3) is 0.533. The van der Waals surface area contributed by atoms with Crippen LogP contribution in [0.15, 0.2) is 28.7 Å². The third kappa shape index (κ3) is 3.12. The first kappa shape index (κ1) is 14.4. The first-order chi connectivity index (χ1) is 8.93. The van der Waals surface area contributed by atoms with E-state index in [1.807, 2.05) is 39.0 Å². The van der Waals surface area contributed by atoms with Crippen molar-refractivity contribution >= 4 is 16.7 Å². The van der Waals surface area contributed by atoms with Crippen molar-refractivity contribution in [1.82, 2.24) is 0 Å². The number of aryl methyl sites for hydroxylation is 1. The molecule has 19 heavy (non-hydrogen) atoms. The van der Waals surface area contributed by atoms with Crippen LogP contribution in [0.25, 0.3) is 0 Å².